The number of aromatic nitrogens is 2. The number of rotatable bonds is 8. The Morgan fingerprint density at radius 3 is 2.65 bits per heavy atom. The number of ether oxygens (including phenoxy) is 1. The predicted molar refractivity (Wildman–Crippen MR) is 184 cm³/mol. The highest BCUT2D eigenvalue weighted by Gasteiger charge is 2.35. The second kappa shape index (κ2) is 13.7. The van der Waals surface area contributed by atoms with Gasteiger partial charge in [-0.05, 0) is 56.8 Å². The van der Waals surface area contributed by atoms with E-state index in [-0.39, 0.29) is 18.4 Å². The lowest BCUT2D eigenvalue weighted by Gasteiger charge is -2.41. The van der Waals surface area contributed by atoms with Crippen molar-refractivity contribution in [3.05, 3.63) is 59.8 Å². The van der Waals surface area contributed by atoms with Crippen molar-refractivity contribution in [2.45, 2.75) is 57.8 Å². The minimum Gasteiger partial charge on any atom is -0.462 e. The Morgan fingerprint density at radius 2 is 1.89 bits per heavy atom. The molecule has 3 aromatic rings. The maximum absolute atomic E-state index is 12.7. The van der Waals surface area contributed by atoms with Crippen molar-refractivity contribution in [3.8, 4) is 12.1 Å². The van der Waals surface area contributed by atoms with Gasteiger partial charge in [-0.25, -0.2) is 0 Å². The molecule has 10 nitrogen and oxygen atoms in total. The van der Waals surface area contributed by atoms with Crippen LogP contribution in [0.3, 0.4) is 0 Å². The van der Waals surface area contributed by atoms with Crippen LogP contribution in [0, 0.1) is 11.3 Å². The summed E-state index contributed by atoms with van der Waals surface area (Å²) in [5.41, 5.74) is 2.89. The molecule has 2 atom stereocenters. The molecule has 4 heterocycles. The number of fused-ring (bicyclic) bond motifs is 2. The molecule has 2 aromatic carbocycles. The molecule has 3 aliphatic rings. The number of carbonyl (C=O) groups excluding carboxylic acids is 1. The van der Waals surface area contributed by atoms with Gasteiger partial charge in [-0.3, -0.25) is 9.69 Å². The van der Waals surface area contributed by atoms with Crippen LogP contribution in [0.2, 0.25) is 5.02 Å². The number of benzene rings is 2. The number of carbonyl (C=O) groups is 1. The number of likely N-dealkylation sites (tertiary alicyclic amines) is 1. The number of likely N-dealkylation sites (N-methyl/N-ethyl adjacent to an activating group) is 1. The van der Waals surface area contributed by atoms with Crippen molar-refractivity contribution in [1.29, 1.82) is 5.26 Å². The lowest BCUT2D eigenvalue weighted by molar-refractivity contribution is -0.128. The Kier molecular flexibility index (Phi) is 9.52. The van der Waals surface area contributed by atoms with Gasteiger partial charge < -0.3 is 24.3 Å². The summed E-state index contributed by atoms with van der Waals surface area (Å²) < 4.78 is 6.45. The molecule has 2 saturated heterocycles. The van der Waals surface area contributed by atoms with Gasteiger partial charge in [0.25, 0.3) is 0 Å². The molecule has 1 amide bonds. The highest BCUT2D eigenvalue weighted by Crippen LogP contribution is 2.39. The molecule has 0 N–H and O–H groups in total. The summed E-state index contributed by atoms with van der Waals surface area (Å²) in [6.45, 7) is 13.3. The van der Waals surface area contributed by atoms with Crippen LogP contribution in [0.15, 0.2) is 49.1 Å². The van der Waals surface area contributed by atoms with Gasteiger partial charge in [0, 0.05) is 62.9 Å². The monoisotopic (exact) mass is 642 g/mol. The van der Waals surface area contributed by atoms with Crippen LogP contribution in [0.25, 0.3) is 10.8 Å². The molecule has 0 spiro atoms. The Bertz CT molecular complexity index is 1640. The van der Waals surface area contributed by atoms with E-state index in [0.29, 0.717) is 50.9 Å². The number of amides is 1. The summed E-state index contributed by atoms with van der Waals surface area (Å²) in [4.78, 5) is 33.8. The molecule has 0 bridgehead atoms. The lowest BCUT2D eigenvalue weighted by atomic mass is 10.1. The maximum Gasteiger partial charge on any atom is 0.318 e. The molecule has 11 heteroatoms. The summed E-state index contributed by atoms with van der Waals surface area (Å²) in [6, 6.07) is 15.4. The van der Waals surface area contributed by atoms with Gasteiger partial charge in [0.05, 0.1) is 35.8 Å². The SMILES string of the molecule is C=CC(=O)N1CCN(c2nc(OC[C@H]3CCCN3C(C)C)nc3c2N(C)CCN(c2cccc4cccc(Cl)c24)C3)C[C@@H]1CC#N. The summed E-state index contributed by atoms with van der Waals surface area (Å²) in [6.07, 6.45) is 3.80. The van der Waals surface area contributed by atoms with E-state index < -0.39 is 0 Å². The molecular formula is C35H43ClN8O2. The second-order valence-corrected chi connectivity index (χ2v) is 13.1. The lowest BCUT2D eigenvalue weighted by Crippen LogP contribution is -2.55. The van der Waals surface area contributed by atoms with Crippen molar-refractivity contribution in [2.75, 3.05) is 67.6 Å². The third-order valence-corrected chi connectivity index (χ3v) is 9.89. The van der Waals surface area contributed by atoms with Crippen LogP contribution in [-0.4, -0.2) is 96.7 Å². The molecular weight excluding hydrogens is 600 g/mol. The van der Waals surface area contributed by atoms with Crippen molar-refractivity contribution in [2.24, 2.45) is 0 Å². The van der Waals surface area contributed by atoms with E-state index in [0.717, 1.165) is 71.2 Å². The molecule has 3 aliphatic heterocycles. The highest BCUT2D eigenvalue weighted by molar-refractivity contribution is 6.36. The van der Waals surface area contributed by atoms with E-state index >= 15 is 0 Å². The van der Waals surface area contributed by atoms with Crippen LogP contribution < -0.4 is 19.4 Å². The predicted octanol–water partition coefficient (Wildman–Crippen LogP) is 5.11. The second-order valence-electron chi connectivity index (χ2n) is 12.7. The van der Waals surface area contributed by atoms with Gasteiger partial charge >= 0.3 is 6.01 Å². The van der Waals surface area contributed by atoms with Gasteiger partial charge in [0.1, 0.15) is 12.3 Å². The van der Waals surface area contributed by atoms with Crippen LogP contribution >= 0.6 is 11.6 Å². The van der Waals surface area contributed by atoms with Gasteiger partial charge in [-0.15, -0.1) is 0 Å². The highest BCUT2D eigenvalue weighted by atomic mass is 35.5. The zero-order valence-corrected chi connectivity index (χ0v) is 27.8. The largest absolute Gasteiger partial charge is 0.462 e. The Labute approximate surface area is 276 Å². The van der Waals surface area contributed by atoms with Crippen molar-refractivity contribution in [1.82, 2.24) is 19.8 Å². The normalized spacial score (nSPS) is 20.5. The number of hydrogen-bond donors (Lipinski definition) is 0. The minimum atomic E-state index is -0.275. The maximum atomic E-state index is 12.7. The number of hydrogen-bond acceptors (Lipinski definition) is 9. The Morgan fingerprint density at radius 1 is 1.11 bits per heavy atom. The molecule has 242 valence electrons. The topological polar surface area (TPSA) is 92.1 Å². The third-order valence-electron chi connectivity index (χ3n) is 9.58. The van der Waals surface area contributed by atoms with Crippen LogP contribution in [-0.2, 0) is 11.3 Å². The Balaban J connectivity index is 1.39. The van der Waals surface area contributed by atoms with E-state index in [9.17, 15) is 10.1 Å². The summed E-state index contributed by atoms with van der Waals surface area (Å²) in [5, 5.41) is 12.5. The first-order valence-electron chi connectivity index (χ1n) is 16.3. The van der Waals surface area contributed by atoms with Crippen molar-refractivity contribution >= 4 is 45.5 Å². The van der Waals surface area contributed by atoms with E-state index in [1.165, 1.54) is 6.08 Å². The van der Waals surface area contributed by atoms with E-state index in [1.807, 2.05) is 12.1 Å². The van der Waals surface area contributed by atoms with Crippen LogP contribution in [0.1, 0.15) is 38.8 Å². The molecule has 46 heavy (non-hydrogen) atoms. The summed E-state index contributed by atoms with van der Waals surface area (Å²) in [5.74, 6) is 0.624. The van der Waals surface area contributed by atoms with Crippen LogP contribution in [0.4, 0.5) is 17.2 Å². The number of nitriles is 1. The van der Waals surface area contributed by atoms with Gasteiger partial charge in [0.2, 0.25) is 5.91 Å². The first-order valence-corrected chi connectivity index (χ1v) is 16.6. The third kappa shape index (κ3) is 6.31. The first kappa shape index (κ1) is 31.9. The molecule has 0 radical (unpaired) electrons. The molecule has 0 aliphatic carbocycles. The molecule has 1 aromatic heterocycles. The average Bonchev–Trinajstić information content (AvgIpc) is 3.47. The number of anilines is 3. The average molecular weight is 643 g/mol. The van der Waals surface area contributed by atoms with Gasteiger partial charge in [-0.2, -0.15) is 15.2 Å². The molecule has 6 rings (SSSR count). The molecule has 2 fully saturated rings. The number of piperazine rings is 1. The fraction of sp³-hybridized carbons (Fsp3) is 0.486. The summed E-state index contributed by atoms with van der Waals surface area (Å²) >= 11 is 6.77. The van der Waals surface area contributed by atoms with E-state index in [1.54, 1.807) is 4.90 Å². The summed E-state index contributed by atoms with van der Waals surface area (Å²) in [7, 11) is 2.08. The van der Waals surface area contributed by atoms with Crippen molar-refractivity contribution < 1.29 is 9.53 Å². The van der Waals surface area contributed by atoms with Crippen molar-refractivity contribution in [3.63, 3.8) is 0 Å². The Hall–Kier alpha value is -4.07. The fourth-order valence-corrected chi connectivity index (χ4v) is 7.54. The van der Waals surface area contributed by atoms with Crippen LogP contribution in [0.5, 0.6) is 6.01 Å². The minimum absolute atomic E-state index is 0.154. The smallest absolute Gasteiger partial charge is 0.318 e. The van der Waals surface area contributed by atoms with E-state index in [2.05, 4.69) is 77.4 Å². The fourth-order valence-electron chi connectivity index (χ4n) is 7.26. The van der Waals surface area contributed by atoms with Gasteiger partial charge in [0.15, 0.2) is 5.82 Å². The zero-order chi connectivity index (χ0) is 32.4. The number of halogens is 1. The van der Waals surface area contributed by atoms with E-state index in [4.69, 9.17) is 26.3 Å². The van der Waals surface area contributed by atoms with Gasteiger partial charge in [-0.1, -0.05) is 42.4 Å². The standard InChI is InChI=1S/C35H43ClN8O2/c1-5-31(45)44-20-19-42(21-26(44)14-15-37)34-33-29(38-35(39-34)46-23-27-11-8-16-43(27)24(2)3)22-41(18-17-40(33)4)30-13-7-10-25-9-6-12-28(36)32(25)30/h5-7,9-10,12-13,24,26-27H,1,8,11,14,16-23H2,2-4H3/t26-,27+/m0/s1. The number of nitrogens with zero attached hydrogens (tertiary/aromatic N) is 8. The molecule has 0 saturated carbocycles. The molecule has 0 unspecified atom stereocenters. The first-order chi connectivity index (χ1) is 22.3. The quantitative estimate of drug-likeness (QED) is 0.311. The zero-order valence-electron chi connectivity index (χ0n) is 27.0.